The molecule has 1 saturated heterocycles. The molecule has 8 heteroatoms. The minimum absolute atomic E-state index is 0.274. The number of rotatable bonds is 4. The highest BCUT2D eigenvalue weighted by Crippen LogP contribution is 2.05. The molecule has 2 atom stereocenters. The van der Waals surface area contributed by atoms with Crippen LogP contribution in [0.15, 0.2) is 0 Å². The van der Waals surface area contributed by atoms with Crippen LogP contribution >= 0.6 is 0 Å². The zero-order valence-electron chi connectivity index (χ0n) is 10.7. The van der Waals surface area contributed by atoms with Gasteiger partial charge in [-0.25, -0.2) is 4.79 Å². The minimum Gasteiger partial charge on any atom is -0.465 e. The quantitative estimate of drug-likeness (QED) is 0.481. The molecule has 0 aromatic heterocycles. The number of hydrogen-bond acceptors (Lipinski definition) is 4. The monoisotopic (exact) mass is 271 g/mol. The van der Waals surface area contributed by atoms with Crippen LogP contribution in [-0.4, -0.2) is 47.4 Å². The summed E-state index contributed by atoms with van der Waals surface area (Å²) in [7, 11) is 0. The average Bonchev–Trinajstić information content (AvgIpc) is 2.31. The first-order chi connectivity index (χ1) is 8.82. The van der Waals surface area contributed by atoms with Gasteiger partial charge >= 0.3 is 6.09 Å². The maximum Gasteiger partial charge on any atom is 0.405 e. The van der Waals surface area contributed by atoms with E-state index in [0.717, 1.165) is 0 Å². The van der Waals surface area contributed by atoms with Crippen molar-refractivity contribution in [2.75, 3.05) is 6.54 Å². The van der Waals surface area contributed by atoms with Crippen molar-refractivity contribution in [2.24, 2.45) is 5.92 Å². The third-order valence-electron chi connectivity index (χ3n) is 2.80. The number of amides is 3. The third-order valence-corrected chi connectivity index (χ3v) is 2.80. The number of Topliss-reactive ketones (excluding diaryl/α,β-unsaturated/α-hetero) is 1. The lowest BCUT2D eigenvalue weighted by molar-refractivity contribution is -0.142. The minimum atomic E-state index is -1.32. The Morgan fingerprint density at radius 3 is 2.53 bits per heavy atom. The molecule has 19 heavy (non-hydrogen) atoms. The highest BCUT2D eigenvalue weighted by Gasteiger charge is 2.33. The van der Waals surface area contributed by atoms with Gasteiger partial charge in [-0.15, -0.1) is 0 Å². The summed E-state index contributed by atoms with van der Waals surface area (Å²) in [6.45, 7) is 3.65. The van der Waals surface area contributed by atoms with Crippen LogP contribution in [0.5, 0.6) is 0 Å². The van der Waals surface area contributed by atoms with Gasteiger partial charge in [-0.3, -0.25) is 14.4 Å². The molecule has 0 saturated carbocycles. The number of carbonyl (C=O) groups is 4. The number of ketones is 1. The van der Waals surface area contributed by atoms with Crippen LogP contribution in [0, 0.1) is 5.92 Å². The Labute approximate surface area is 109 Å². The molecule has 0 bridgehead atoms. The first kappa shape index (κ1) is 14.9. The molecule has 1 aliphatic rings. The Bertz CT molecular complexity index is 407. The largest absolute Gasteiger partial charge is 0.465 e. The predicted octanol–water partition coefficient (Wildman–Crippen LogP) is -1.15. The van der Waals surface area contributed by atoms with Gasteiger partial charge in [-0.05, 0) is 12.3 Å². The van der Waals surface area contributed by atoms with E-state index in [1.807, 2.05) is 0 Å². The van der Waals surface area contributed by atoms with E-state index in [9.17, 15) is 19.2 Å². The predicted molar refractivity (Wildman–Crippen MR) is 64.4 cm³/mol. The topological polar surface area (TPSA) is 125 Å². The molecule has 0 spiro atoms. The fourth-order valence-electron chi connectivity index (χ4n) is 1.77. The normalized spacial score (nSPS) is 20.7. The van der Waals surface area contributed by atoms with Crippen molar-refractivity contribution >= 4 is 23.7 Å². The van der Waals surface area contributed by atoms with E-state index in [1.165, 1.54) is 0 Å². The van der Waals surface area contributed by atoms with E-state index >= 15 is 0 Å². The van der Waals surface area contributed by atoms with Crippen molar-refractivity contribution < 1.29 is 24.3 Å². The molecule has 0 radical (unpaired) electrons. The number of nitrogens with one attached hydrogen (secondary N) is 3. The van der Waals surface area contributed by atoms with Crippen LogP contribution in [0.2, 0.25) is 0 Å². The van der Waals surface area contributed by atoms with E-state index in [-0.39, 0.29) is 5.92 Å². The summed E-state index contributed by atoms with van der Waals surface area (Å²) in [5.41, 5.74) is 0. The summed E-state index contributed by atoms with van der Waals surface area (Å²) in [6, 6.07) is -1.85. The van der Waals surface area contributed by atoms with Crippen LogP contribution in [0.1, 0.15) is 20.3 Å². The molecular weight excluding hydrogens is 254 g/mol. The number of carboxylic acid groups (broad SMARTS) is 1. The molecule has 0 aliphatic carbocycles. The van der Waals surface area contributed by atoms with Crippen molar-refractivity contribution in [3.8, 4) is 0 Å². The molecule has 0 aromatic rings. The number of piperidine rings is 1. The van der Waals surface area contributed by atoms with Crippen molar-refractivity contribution in [2.45, 2.75) is 32.4 Å². The van der Waals surface area contributed by atoms with Crippen molar-refractivity contribution in [1.82, 2.24) is 16.0 Å². The van der Waals surface area contributed by atoms with Gasteiger partial charge in [0.15, 0.2) is 0 Å². The van der Waals surface area contributed by atoms with Gasteiger partial charge in [-0.2, -0.15) is 0 Å². The van der Waals surface area contributed by atoms with Crippen LogP contribution in [0.4, 0.5) is 4.79 Å². The Balaban J connectivity index is 2.68. The molecule has 3 amide bonds. The van der Waals surface area contributed by atoms with E-state index in [0.29, 0.717) is 13.0 Å². The smallest absolute Gasteiger partial charge is 0.405 e. The summed E-state index contributed by atoms with van der Waals surface area (Å²) in [5.74, 6) is -2.32. The number of carbonyl (C=O) groups excluding carboxylic acids is 3. The lowest BCUT2D eigenvalue weighted by Crippen LogP contribution is -2.58. The summed E-state index contributed by atoms with van der Waals surface area (Å²) in [5, 5.41) is 15.5. The van der Waals surface area contributed by atoms with Gasteiger partial charge < -0.3 is 21.1 Å². The second kappa shape index (κ2) is 6.17. The zero-order valence-corrected chi connectivity index (χ0v) is 10.7. The van der Waals surface area contributed by atoms with Crippen molar-refractivity contribution in [3.05, 3.63) is 0 Å². The fourth-order valence-corrected chi connectivity index (χ4v) is 1.77. The highest BCUT2D eigenvalue weighted by atomic mass is 16.4. The Morgan fingerprint density at radius 1 is 1.37 bits per heavy atom. The molecular formula is C11H17N3O5. The van der Waals surface area contributed by atoms with E-state index in [2.05, 4.69) is 16.0 Å². The number of hydrogen-bond donors (Lipinski definition) is 4. The second-order valence-corrected chi connectivity index (χ2v) is 4.64. The third kappa shape index (κ3) is 3.94. The second-order valence-electron chi connectivity index (χ2n) is 4.64. The molecule has 1 unspecified atom stereocenters. The van der Waals surface area contributed by atoms with E-state index in [1.54, 1.807) is 13.8 Å². The van der Waals surface area contributed by atoms with Crippen molar-refractivity contribution in [3.63, 3.8) is 0 Å². The first-order valence-electron chi connectivity index (χ1n) is 5.94. The SMILES string of the molecule is CC(C)[C@H](NC(=O)O)C(=O)NC1CCNC(=O)C1=O. The summed E-state index contributed by atoms with van der Waals surface area (Å²) < 4.78 is 0. The lowest BCUT2D eigenvalue weighted by atomic mass is 10.0. The van der Waals surface area contributed by atoms with Gasteiger partial charge in [0.2, 0.25) is 11.7 Å². The van der Waals surface area contributed by atoms with Gasteiger partial charge in [0.05, 0.1) is 6.04 Å². The zero-order chi connectivity index (χ0) is 14.6. The average molecular weight is 271 g/mol. The molecule has 1 rings (SSSR count). The van der Waals surface area contributed by atoms with Gasteiger partial charge in [0.1, 0.15) is 6.04 Å². The standard InChI is InChI=1S/C11H17N3O5/c1-5(2)7(14-11(18)19)9(16)13-6-3-4-12-10(17)8(6)15/h5-7,14H,3-4H2,1-2H3,(H,12,17)(H,13,16)(H,18,19)/t6?,7-/m0/s1. The van der Waals surface area contributed by atoms with Crippen LogP contribution in [0.25, 0.3) is 0 Å². The maximum absolute atomic E-state index is 11.9. The molecule has 106 valence electrons. The van der Waals surface area contributed by atoms with E-state index < -0.39 is 35.8 Å². The summed E-state index contributed by atoms with van der Waals surface area (Å²) in [4.78, 5) is 45.2. The molecule has 0 aromatic carbocycles. The van der Waals surface area contributed by atoms with Gasteiger partial charge in [-0.1, -0.05) is 13.8 Å². The molecule has 1 aliphatic heterocycles. The summed E-state index contributed by atoms with van der Waals surface area (Å²) in [6.07, 6.45) is -1.02. The molecule has 8 nitrogen and oxygen atoms in total. The Hall–Kier alpha value is -2.12. The Morgan fingerprint density at radius 2 is 2.00 bits per heavy atom. The maximum atomic E-state index is 11.9. The lowest BCUT2D eigenvalue weighted by Gasteiger charge is -2.25. The molecule has 1 fully saturated rings. The van der Waals surface area contributed by atoms with Crippen LogP contribution in [-0.2, 0) is 14.4 Å². The fraction of sp³-hybridized carbons (Fsp3) is 0.636. The molecule has 4 N–H and O–H groups in total. The first-order valence-corrected chi connectivity index (χ1v) is 5.94. The summed E-state index contributed by atoms with van der Waals surface area (Å²) >= 11 is 0. The van der Waals surface area contributed by atoms with Crippen molar-refractivity contribution in [1.29, 1.82) is 0 Å². The van der Waals surface area contributed by atoms with Gasteiger partial charge in [0.25, 0.3) is 5.91 Å². The Kier molecular flexibility index (Phi) is 4.85. The highest BCUT2D eigenvalue weighted by molar-refractivity contribution is 6.39. The van der Waals surface area contributed by atoms with Gasteiger partial charge in [0, 0.05) is 6.54 Å². The van der Waals surface area contributed by atoms with Crippen LogP contribution in [0.3, 0.4) is 0 Å². The van der Waals surface area contributed by atoms with E-state index in [4.69, 9.17) is 5.11 Å². The van der Waals surface area contributed by atoms with Crippen LogP contribution < -0.4 is 16.0 Å². The molecule has 1 heterocycles.